The van der Waals surface area contributed by atoms with Crippen LogP contribution < -0.4 is 5.32 Å². The molecule has 0 spiro atoms. The number of nitrogens with one attached hydrogen (secondary N) is 1. The fourth-order valence-corrected chi connectivity index (χ4v) is 3.83. The molecule has 3 aromatic heterocycles. The van der Waals surface area contributed by atoms with Crippen molar-refractivity contribution in [3.8, 4) is 0 Å². The first-order valence-corrected chi connectivity index (χ1v) is 9.46. The fourth-order valence-electron chi connectivity index (χ4n) is 3.31. The maximum Gasteiger partial charge on any atom is 0.276 e. The van der Waals surface area contributed by atoms with Crippen molar-refractivity contribution < 1.29 is 4.79 Å². The number of nitrogens with zero attached hydrogens (tertiary/aromatic N) is 5. The summed E-state index contributed by atoms with van der Waals surface area (Å²) in [5.41, 5.74) is 2.54. The number of anilines is 1. The highest BCUT2D eigenvalue weighted by atomic mass is 32.1. The molecular formula is C18H20N6OS. The number of likely N-dealkylation sites (tertiary alicyclic amines) is 1. The van der Waals surface area contributed by atoms with Gasteiger partial charge < -0.3 is 4.57 Å². The third kappa shape index (κ3) is 3.51. The van der Waals surface area contributed by atoms with Crippen molar-refractivity contribution in [1.29, 1.82) is 0 Å². The minimum Gasteiger partial charge on any atom is -0.337 e. The van der Waals surface area contributed by atoms with E-state index in [4.69, 9.17) is 0 Å². The first kappa shape index (κ1) is 16.9. The van der Waals surface area contributed by atoms with Gasteiger partial charge in [-0.1, -0.05) is 6.07 Å². The van der Waals surface area contributed by atoms with E-state index in [1.54, 1.807) is 12.3 Å². The standard InChI is InChI=1S/C18H20N6OS/c1-23-12-19-10-13(23)11-24-8-3-6-16(24)14-4-2-5-15(21-14)17(25)22-18-20-7-9-26-18/h2,4-5,7,9-10,12,16H,3,6,8,11H2,1H3,(H,20,22,25). The number of hydrogen-bond acceptors (Lipinski definition) is 6. The summed E-state index contributed by atoms with van der Waals surface area (Å²) >= 11 is 1.39. The number of aryl methyl sites for hydroxylation is 1. The number of amides is 1. The Morgan fingerprint density at radius 1 is 1.42 bits per heavy atom. The molecule has 7 nitrogen and oxygen atoms in total. The van der Waals surface area contributed by atoms with E-state index in [1.165, 1.54) is 17.0 Å². The van der Waals surface area contributed by atoms with Crippen LogP contribution in [-0.4, -0.2) is 36.9 Å². The summed E-state index contributed by atoms with van der Waals surface area (Å²) in [5.74, 6) is -0.224. The fraction of sp³-hybridized carbons (Fsp3) is 0.333. The molecule has 3 aromatic rings. The Kier molecular flexibility index (Phi) is 4.77. The molecule has 1 amide bonds. The molecule has 0 aliphatic carbocycles. The van der Waals surface area contributed by atoms with Crippen LogP contribution in [0.2, 0.25) is 0 Å². The minimum atomic E-state index is -0.224. The lowest BCUT2D eigenvalue weighted by Gasteiger charge is -2.24. The molecular weight excluding hydrogens is 348 g/mol. The highest BCUT2D eigenvalue weighted by Gasteiger charge is 2.28. The number of carbonyl (C=O) groups excluding carboxylic acids is 1. The van der Waals surface area contributed by atoms with Crippen molar-refractivity contribution in [3.63, 3.8) is 0 Å². The average molecular weight is 368 g/mol. The van der Waals surface area contributed by atoms with Gasteiger partial charge >= 0.3 is 0 Å². The lowest BCUT2D eigenvalue weighted by molar-refractivity contribution is 0.102. The van der Waals surface area contributed by atoms with E-state index < -0.39 is 0 Å². The predicted octanol–water partition coefficient (Wildman–Crippen LogP) is 2.86. The molecule has 0 radical (unpaired) electrons. The number of hydrogen-bond donors (Lipinski definition) is 1. The van der Waals surface area contributed by atoms with Crippen LogP contribution in [0.25, 0.3) is 0 Å². The van der Waals surface area contributed by atoms with Crippen molar-refractivity contribution in [2.75, 3.05) is 11.9 Å². The Morgan fingerprint density at radius 3 is 3.12 bits per heavy atom. The second-order valence-electron chi connectivity index (χ2n) is 6.36. The number of rotatable bonds is 5. The molecule has 26 heavy (non-hydrogen) atoms. The zero-order valence-corrected chi connectivity index (χ0v) is 15.3. The predicted molar refractivity (Wildman–Crippen MR) is 99.9 cm³/mol. The van der Waals surface area contributed by atoms with Crippen LogP contribution in [0.3, 0.4) is 0 Å². The average Bonchev–Trinajstić information content (AvgIpc) is 3.39. The second-order valence-corrected chi connectivity index (χ2v) is 7.26. The Hall–Kier alpha value is -2.58. The highest BCUT2D eigenvalue weighted by Crippen LogP contribution is 2.32. The van der Waals surface area contributed by atoms with E-state index in [1.807, 2.05) is 41.7 Å². The molecule has 4 heterocycles. The summed E-state index contributed by atoms with van der Waals surface area (Å²) in [6.07, 6.45) is 7.56. The van der Waals surface area contributed by atoms with Gasteiger partial charge in [0, 0.05) is 31.4 Å². The quantitative estimate of drug-likeness (QED) is 0.749. The van der Waals surface area contributed by atoms with Crippen LogP contribution in [-0.2, 0) is 13.6 Å². The van der Waals surface area contributed by atoms with Gasteiger partial charge in [0.2, 0.25) is 0 Å². The molecule has 1 aliphatic heterocycles. The molecule has 1 N–H and O–H groups in total. The lowest BCUT2D eigenvalue weighted by Crippen LogP contribution is -2.25. The second kappa shape index (κ2) is 7.35. The number of imidazole rings is 1. The largest absolute Gasteiger partial charge is 0.337 e. The molecule has 4 rings (SSSR count). The number of carbonyl (C=O) groups is 1. The van der Waals surface area contributed by atoms with Gasteiger partial charge in [-0.3, -0.25) is 15.0 Å². The smallest absolute Gasteiger partial charge is 0.276 e. The maximum absolute atomic E-state index is 12.4. The summed E-state index contributed by atoms with van der Waals surface area (Å²) in [5, 5.41) is 5.20. The van der Waals surface area contributed by atoms with Crippen molar-refractivity contribution >= 4 is 22.4 Å². The Labute approximate surface area is 155 Å². The molecule has 1 saturated heterocycles. The van der Waals surface area contributed by atoms with E-state index in [2.05, 4.69) is 25.2 Å². The van der Waals surface area contributed by atoms with Gasteiger partial charge in [-0.15, -0.1) is 11.3 Å². The molecule has 1 unspecified atom stereocenters. The molecule has 1 atom stereocenters. The maximum atomic E-state index is 12.4. The molecule has 8 heteroatoms. The van der Waals surface area contributed by atoms with Crippen molar-refractivity contribution in [2.45, 2.75) is 25.4 Å². The third-order valence-electron chi connectivity index (χ3n) is 4.64. The zero-order chi connectivity index (χ0) is 17.9. The number of aromatic nitrogens is 4. The molecule has 0 aromatic carbocycles. The van der Waals surface area contributed by atoms with E-state index >= 15 is 0 Å². The Bertz CT molecular complexity index is 891. The number of thiazole rings is 1. The molecule has 134 valence electrons. The molecule has 1 aliphatic rings. The van der Waals surface area contributed by atoms with E-state index in [0.717, 1.165) is 31.6 Å². The van der Waals surface area contributed by atoms with Gasteiger partial charge in [0.25, 0.3) is 5.91 Å². The minimum absolute atomic E-state index is 0.220. The van der Waals surface area contributed by atoms with Crippen molar-refractivity contribution in [1.82, 2.24) is 24.4 Å². The van der Waals surface area contributed by atoms with Crippen LogP contribution in [0.1, 0.15) is 40.8 Å². The molecule has 1 fully saturated rings. The van der Waals surface area contributed by atoms with Crippen molar-refractivity contribution in [3.05, 3.63) is 59.4 Å². The van der Waals surface area contributed by atoms with Gasteiger partial charge in [0.15, 0.2) is 5.13 Å². The van der Waals surface area contributed by atoms with Gasteiger partial charge in [-0.25, -0.2) is 15.0 Å². The molecule has 0 bridgehead atoms. The Balaban J connectivity index is 1.51. The third-order valence-corrected chi connectivity index (χ3v) is 5.33. The lowest BCUT2D eigenvalue weighted by atomic mass is 10.1. The summed E-state index contributed by atoms with van der Waals surface area (Å²) in [4.78, 5) is 27.8. The first-order valence-electron chi connectivity index (χ1n) is 8.58. The topological polar surface area (TPSA) is 75.9 Å². The van der Waals surface area contributed by atoms with Gasteiger partial charge in [-0.2, -0.15) is 0 Å². The van der Waals surface area contributed by atoms with Gasteiger partial charge in [0.05, 0.1) is 23.8 Å². The Morgan fingerprint density at radius 2 is 2.35 bits per heavy atom. The van der Waals surface area contributed by atoms with E-state index in [-0.39, 0.29) is 11.9 Å². The summed E-state index contributed by atoms with van der Waals surface area (Å²) in [6.45, 7) is 1.85. The summed E-state index contributed by atoms with van der Waals surface area (Å²) in [7, 11) is 2.01. The van der Waals surface area contributed by atoms with Crippen LogP contribution >= 0.6 is 11.3 Å². The van der Waals surface area contributed by atoms with Crippen LogP contribution in [0.4, 0.5) is 5.13 Å². The van der Waals surface area contributed by atoms with Gasteiger partial charge in [0.1, 0.15) is 5.69 Å². The molecule has 0 saturated carbocycles. The monoisotopic (exact) mass is 368 g/mol. The van der Waals surface area contributed by atoms with E-state index in [0.29, 0.717) is 10.8 Å². The van der Waals surface area contributed by atoms with Crippen molar-refractivity contribution in [2.24, 2.45) is 7.05 Å². The van der Waals surface area contributed by atoms with Crippen LogP contribution in [0.15, 0.2) is 42.3 Å². The normalized spacial score (nSPS) is 17.5. The van der Waals surface area contributed by atoms with E-state index in [9.17, 15) is 4.79 Å². The summed E-state index contributed by atoms with van der Waals surface area (Å²) < 4.78 is 2.04. The van der Waals surface area contributed by atoms with Crippen LogP contribution in [0.5, 0.6) is 0 Å². The SMILES string of the molecule is Cn1cncc1CN1CCCC1c1cccc(C(=O)Nc2nccs2)n1. The number of pyridine rings is 1. The zero-order valence-electron chi connectivity index (χ0n) is 14.5. The van der Waals surface area contributed by atoms with Gasteiger partial charge in [-0.05, 0) is 31.5 Å². The summed E-state index contributed by atoms with van der Waals surface area (Å²) in [6, 6.07) is 5.87. The van der Waals surface area contributed by atoms with Crippen LogP contribution in [0, 0.1) is 0 Å². The highest BCUT2D eigenvalue weighted by molar-refractivity contribution is 7.13. The first-order chi connectivity index (χ1) is 12.7.